The number of piperazine rings is 1. The number of ketones is 4. The van der Waals surface area contributed by atoms with E-state index in [0.717, 1.165) is 127 Å². The zero-order valence-corrected chi connectivity index (χ0v) is 58.0. The van der Waals surface area contributed by atoms with Gasteiger partial charge in [-0.1, -0.05) is 66.0 Å². The lowest BCUT2D eigenvalue weighted by atomic mass is 10.0. The minimum atomic E-state index is -0.202. The van der Waals surface area contributed by atoms with E-state index in [1.807, 2.05) is 54.6 Å². The zero-order chi connectivity index (χ0) is 73.0. The molecule has 17 rings (SSSR count). The Labute approximate surface area is 604 Å². The standard InChI is InChI=1S/C24H23NO4.C23H22N2O4.C14H17NO3.C10H10O2.C8H6O3.ClHN4/c26-19-10-9-17-23(28)21(13-16-8-7-15-5-4-6-20(27)22(15)16)29-24(17)18(19)14-25-11-2-1-3-12-25;26-18-7-6-16-22(28)20(12-15-5-4-14-2-1-3-19(27)21(14)15)29-23(16)17(18)13-25-10-8-24-9-11-25;16-12-5-4-10-13(17)9-18-14(10)11(12)8-15-6-2-1-3-7-15;1-12-9-6-5-7-3-2-4-8(11)10(7)9;9-5-1-2-6-7(10)4-11-8(6)3-5;1-3-5-4-2/h4-6,8-10,13,26-27H,1-3,7,11-12,14H2;1-3,5-7,12,24,26-27H,4,8-11,13H2;4-5,16H,1-3,6-9H2;2-4,6,11H,5H2,1H3;1-3,9H,4H2;2H/b21-13-;20-12-;;;;. The zero-order valence-electron chi connectivity index (χ0n) is 57.2. The molecule has 0 unspecified atom stereocenters. The lowest BCUT2D eigenvalue weighted by Crippen LogP contribution is -2.42. The van der Waals surface area contributed by atoms with E-state index >= 15 is 0 Å². The van der Waals surface area contributed by atoms with Crippen LogP contribution in [0.15, 0.2) is 166 Å². The van der Waals surface area contributed by atoms with Gasteiger partial charge in [-0.25, -0.2) is 0 Å². The summed E-state index contributed by atoms with van der Waals surface area (Å²) in [6.07, 6.45) is 18.8. The predicted molar refractivity (Wildman–Crippen MR) is 387 cm³/mol. The number of hydrogen-bond acceptors (Lipinski definition) is 22. The van der Waals surface area contributed by atoms with Crippen molar-refractivity contribution in [2.75, 3.05) is 72.7 Å². The fraction of sp³-hybridized carbons (Fsp3) is 0.291. The Bertz CT molecular complexity index is 4510. The van der Waals surface area contributed by atoms with E-state index in [4.69, 9.17) is 34.3 Å². The molecule has 538 valence electrons. The molecule has 25 heteroatoms. The number of nitrogens with zero attached hydrogens (tertiary/aromatic N) is 6. The van der Waals surface area contributed by atoms with Gasteiger partial charge in [0.05, 0.1) is 63.4 Å². The number of phenolic OH excluding ortho intramolecular Hbond substituents is 7. The quantitative estimate of drug-likeness (QED) is 0.0349. The number of carbonyl (C=O) groups is 4. The number of halogens is 1. The molecule has 0 bridgehead atoms. The van der Waals surface area contributed by atoms with Gasteiger partial charge in [-0.15, -0.1) is 0 Å². The Morgan fingerprint density at radius 3 is 1.41 bits per heavy atom. The number of nitrogens with one attached hydrogen (secondary N) is 2. The summed E-state index contributed by atoms with van der Waals surface area (Å²) >= 11 is 4.55. The van der Waals surface area contributed by atoms with Crippen LogP contribution in [0.4, 0.5) is 0 Å². The van der Waals surface area contributed by atoms with Crippen molar-refractivity contribution >= 4 is 51.8 Å². The van der Waals surface area contributed by atoms with Gasteiger partial charge in [0.1, 0.15) is 69.0 Å². The molecule has 24 nitrogen and oxygen atoms in total. The third-order valence-electron chi connectivity index (χ3n) is 19.3. The monoisotopic (exact) mass is 1430 g/mol. The number of hydrogen-bond donors (Lipinski definition) is 9. The highest BCUT2D eigenvalue weighted by molar-refractivity contribution is 6.15. The highest BCUT2D eigenvalue weighted by Gasteiger charge is 2.36. The van der Waals surface area contributed by atoms with E-state index in [1.54, 1.807) is 79.9 Å². The Morgan fingerprint density at radius 1 is 0.500 bits per heavy atom. The summed E-state index contributed by atoms with van der Waals surface area (Å²) in [4.78, 5) is 55.3. The summed E-state index contributed by atoms with van der Waals surface area (Å²) < 4.78 is 30.1. The molecule has 0 atom stereocenters. The molecule has 0 aromatic heterocycles. The van der Waals surface area contributed by atoms with E-state index in [9.17, 15) is 49.8 Å². The van der Waals surface area contributed by atoms with E-state index in [0.29, 0.717) is 94.6 Å². The second kappa shape index (κ2) is 33.3. The van der Waals surface area contributed by atoms with Crippen molar-refractivity contribution in [2.24, 2.45) is 15.1 Å². The van der Waals surface area contributed by atoms with Crippen LogP contribution in [-0.2, 0) is 43.6 Å². The normalized spacial score (nSPS) is 18.0. The molecule has 7 heterocycles. The van der Waals surface area contributed by atoms with E-state index in [-0.39, 0.29) is 82.4 Å². The molecular weight excluding hydrogens is 1350 g/mol. The molecular formula is C79H79ClN8O16. The maximum absolute atomic E-state index is 13.0. The molecule has 10 aliphatic rings. The van der Waals surface area contributed by atoms with Crippen molar-refractivity contribution in [3.05, 3.63) is 223 Å². The van der Waals surface area contributed by atoms with Crippen molar-refractivity contribution in [1.29, 1.82) is 5.53 Å². The van der Waals surface area contributed by atoms with Crippen molar-refractivity contribution in [1.82, 2.24) is 20.0 Å². The van der Waals surface area contributed by atoms with Crippen molar-refractivity contribution in [2.45, 2.75) is 77.4 Å². The SMILES string of the molecule is COC1=CCc2cccc(O)c21.N=NN=NCl.O=C1/C(=C/C2=CCc3cccc(O)c32)Oc2c1ccc(O)c2CN1CCCCC1.O=C1/C(=C/C2=CCc3cccc(O)c32)Oc2c1ccc(O)c2CN1CCNCC1.O=C1COc2c1ccc(O)c2CN1CCCCC1.O=C1COc2cc(O)ccc21. The highest BCUT2D eigenvalue weighted by atomic mass is 35.5. The minimum Gasteiger partial charge on any atom is -0.508 e. The van der Waals surface area contributed by atoms with Crippen LogP contribution in [0.3, 0.4) is 0 Å². The Morgan fingerprint density at radius 2 is 0.933 bits per heavy atom. The molecule has 3 saturated heterocycles. The number of benzene rings is 7. The summed E-state index contributed by atoms with van der Waals surface area (Å²) in [7, 11) is 1.62. The van der Waals surface area contributed by atoms with Crippen molar-refractivity contribution < 1.29 is 78.6 Å². The minimum absolute atomic E-state index is 0.00453. The molecule has 104 heavy (non-hydrogen) atoms. The number of Topliss-reactive ketones (excluding diaryl/α,β-unsaturated/α-hetero) is 4. The molecule has 0 amide bonds. The lowest BCUT2D eigenvalue weighted by Gasteiger charge is -2.27. The fourth-order valence-electron chi connectivity index (χ4n) is 14.0. The van der Waals surface area contributed by atoms with Gasteiger partial charge < -0.3 is 64.7 Å². The van der Waals surface area contributed by atoms with Gasteiger partial charge >= 0.3 is 0 Å². The second-order valence-corrected chi connectivity index (χ2v) is 26.1. The third kappa shape index (κ3) is 16.3. The molecule has 3 aliphatic carbocycles. The Balaban J connectivity index is 0.000000126. The van der Waals surface area contributed by atoms with Gasteiger partial charge in [0, 0.05) is 63.0 Å². The van der Waals surface area contributed by atoms with Gasteiger partial charge in [0.2, 0.25) is 23.1 Å². The van der Waals surface area contributed by atoms with Gasteiger partial charge in [-0.3, -0.25) is 33.9 Å². The van der Waals surface area contributed by atoms with Gasteiger partial charge in [-0.05, 0) is 194 Å². The number of piperidine rings is 2. The highest BCUT2D eigenvalue weighted by Crippen LogP contribution is 2.46. The van der Waals surface area contributed by atoms with Crippen LogP contribution in [0.2, 0.25) is 0 Å². The van der Waals surface area contributed by atoms with Crippen LogP contribution >= 0.6 is 11.8 Å². The summed E-state index contributed by atoms with van der Waals surface area (Å²) in [5, 5.41) is 78.2. The lowest BCUT2D eigenvalue weighted by molar-refractivity contribution is 0.0954. The number of aromatic hydroxyl groups is 7. The van der Waals surface area contributed by atoms with Crippen LogP contribution in [-0.4, -0.2) is 146 Å². The first-order chi connectivity index (χ1) is 50.5. The number of phenols is 7. The number of methoxy groups -OCH3 is 1. The van der Waals surface area contributed by atoms with Crippen LogP contribution in [0, 0.1) is 5.53 Å². The first-order valence-electron chi connectivity index (χ1n) is 34.4. The van der Waals surface area contributed by atoms with E-state index < -0.39 is 0 Å². The van der Waals surface area contributed by atoms with Crippen molar-refractivity contribution in [3.8, 4) is 63.2 Å². The van der Waals surface area contributed by atoms with Crippen LogP contribution < -0.4 is 24.3 Å². The largest absolute Gasteiger partial charge is 0.508 e. The van der Waals surface area contributed by atoms with Crippen LogP contribution in [0.1, 0.15) is 130 Å². The van der Waals surface area contributed by atoms with Crippen molar-refractivity contribution in [3.63, 3.8) is 0 Å². The average molecular weight is 1430 g/mol. The number of fused-ring (bicyclic) bond motifs is 7. The van der Waals surface area contributed by atoms with E-state index in [1.165, 1.54) is 37.8 Å². The van der Waals surface area contributed by atoms with E-state index in [2.05, 4.69) is 46.9 Å². The Kier molecular flexibility index (Phi) is 23.3. The summed E-state index contributed by atoms with van der Waals surface area (Å²) in [6, 6.07) is 30.5. The predicted octanol–water partition coefficient (Wildman–Crippen LogP) is 13.2. The molecule has 3 fully saturated rings. The van der Waals surface area contributed by atoms with Crippen LogP contribution in [0.25, 0.3) is 16.9 Å². The van der Waals surface area contributed by atoms with Crippen LogP contribution in [0.5, 0.6) is 63.2 Å². The topological polar surface area (TPSA) is 339 Å². The third-order valence-corrected chi connectivity index (χ3v) is 19.3. The first kappa shape index (κ1) is 72.6. The summed E-state index contributed by atoms with van der Waals surface area (Å²) in [5.41, 5.74) is 17.2. The van der Waals surface area contributed by atoms with Gasteiger partial charge in [-0.2, -0.15) is 5.53 Å². The first-order valence-corrected chi connectivity index (χ1v) is 34.8. The number of carbonyl (C=O) groups excluding carboxylic acids is 4. The number of ether oxygens (including phenoxy) is 5. The maximum Gasteiger partial charge on any atom is 0.231 e. The molecule has 7 aromatic carbocycles. The summed E-state index contributed by atoms with van der Waals surface area (Å²) in [5.74, 6) is 4.14. The molecule has 9 N–H and O–H groups in total. The molecule has 7 aromatic rings. The molecule has 0 radical (unpaired) electrons. The average Bonchev–Trinajstić information content (AvgIpc) is 1.61. The number of allylic oxidation sites excluding steroid dienone is 9. The second-order valence-electron chi connectivity index (χ2n) is 25.9. The van der Waals surface area contributed by atoms with Gasteiger partial charge in [0.25, 0.3) is 0 Å². The maximum atomic E-state index is 13.0. The summed E-state index contributed by atoms with van der Waals surface area (Å²) in [6.45, 7) is 9.61. The number of rotatable bonds is 10. The molecule has 0 saturated carbocycles. The van der Waals surface area contributed by atoms with Gasteiger partial charge in [0.15, 0.2) is 24.7 Å². The smallest absolute Gasteiger partial charge is 0.231 e. The molecule has 7 aliphatic heterocycles. The fourth-order valence-corrected chi connectivity index (χ4v) is 14.1. The number of likely N-dealkylation sites (tertiary alicyclic amines) is 2. The molecule has 0 spiro atoms. The Hall–Kier alpha value is -11.2.